The first-order valence-electron chi connectivity index (χ1n) is 9.13. The highest BCUT2D eigenvalue weighted by Crippen LogP contribution is 2.30. The molecule has 0 spiro atoms. The van der Waals surface area contributed by atoms with Gasteiger partial charge in [-0.25, -0.2) is 14.2 Å². The van der Waals surface area contributed by atoms with Crippen LogP contribution < -0.4 is 16.2 Å². The van der Waals surface area contributed by atoms with Crippen molar-refractivity contribution in [2.45, 2.75) is 12.1 Å². The van der Waals surface area contributed by atoms with Gasteiger partial charge in [0.25, 0.3) is 0 Å². The second-order valence-corrected chi connectivity index (χ2v) is 7.06. The third kappa shape index (κ3) is 3.85. The van der Waals surface area contributed by atoms with E-state index in [4.69, 9.17) is 0 Å². The second kappa shape index (κ2) is 7.72. The molecule has 3 unspecified atom stereocenters. The number of nitrogens with one attached hydrogen (secondary N) is 3. The van der Waals surface area contributed by atoms with Crippen LogP contribution in [0.5, 0.6) is 0 Å². The fourth-order valence-electron chi connectivity index (χ4n) is 4.01. The molecule has 0 aromatic heterocycles. The number of amides is 1. The molecule has 2 aliphatic heterocycles. The first-order valence-corrected chi connectivity index (χ1v) is 9.13. The Bertz CT molecular complexity index is 831. The van der Waals surface area contributed by atoms with E-state index in [2.05, 4.69) is 21.1 Å². The first-order chi connectivity index (χ1) is 13.1. The molecule has 5 nitrogen and oxygen atoms in total. The van der Waals surface area contributed by atoms with Gasteiger partial charge in [0.15, 0.2) is 0 Å². The van der Waals surface area contributed by atoms with Gasteiger partial charge in [0.05, 0.1) is 6.04 Å². The Kier molecular flexibility index (Phi) is 5.15. The molecular formula is C20H22F2N4O. The molecule has 1 amide bonds. The number of piperazine rings is 1. The van der Waals surface area contributed by atoms with E-state index in [1.807, 2.05) is 6.07 Å². The van der Waals surface area contributed by atoms with Crippen LogP contribution in [0.2, 0.25) is 0 Å². The third-order valence-corrected chi connectivity index (χ3v) is 5.25. The minimum absolute atomic E-state index is 0.0566. The summed E-state index contributed by atoms with van der Waals surface area (Å²) in [6, 6.07) is 12.2. The normalized spacial score (nSPS) is 26.1. The van der Waals surface area contributed by atoms with Gasteiger partial charge in [-0.1, -0.05) is 24.3 Å². The fraction of sp³-hybridized carbons (Fsp3) is 0.350. The predicted molar refractivity (Wildman–Crippen MR) is 97.5 cm³/mol. The summed E-state index contributed by atoms with van der Waals surface area (Å²) >= 11 is 0. The average molecular weight is 372 g/mol. The van der Waals surface area contributed by atoms with Gasteiger partial charge in [-0.15, -0.1) is 0 Å². The van der Waals surface area contributed by atoms with Gasteiger partial charge >= 0.3 is 0 Å². The van der Waals surface area contributed by atoms with Crippen molar-refractivity contribution in [3.63, 3.8) is 0 Å². The molecule has 0 saturated carbocycles. The summed E-state index contributed by atoms with van der Waals surface area (Å²) in [5.41, 5.74) is 7.87. The van der Waals surface area contributed by atoms with Crippen molar-refractivity contribution in [2.75, 3.05) is 26.2 Å². The quantitative estimate of drug-likeness (QED) is 0.767. The predicted octanol–water partition coefficient (Wildman–Crippen LogP) is 1.90. The fourth-order valence-corrected chi connectivity index (χ4v) is 4.01. The molecule has 3 atom stereocenters. The van der Waals surface area contributed by atoms with Crippen molar-refractivity contribution in [3.05, 3.63) is 71.3 Å². The summed E-state index contributed by atoms with van der Waals surface area (Å²) in [7, 11) is 0. The highest BCUT2D eigenvalue weighted by molar-refractivity contribution is 5.83. The zero-order valence-corrected chi connectivity index (χ0v) is 14.8. The van der Waals surface area contributed by atoms with Crippen LogP contribution >= 0.6 is 0 Å². The van der Waals surface area contributed by atoms with Crippen LogP contribution in [-0.4, -0.2) is 37.0 Å². The van der Waals surface area contributed by atoms with E-state index < -0.39 is 6.04 Å². The molecule has 27 heavy (non-hydrogen) atoms. The molecule has 2 aromatic rings. The van der Waals surface area contributed by atoms with Crippen LogP contribution in [0.1, 0.15) is 23.2 Å². The highest BCUT2D eigenvalue weighted by Gasteiger charge is 2.36. The Morgan fingerprint density at radius 1 is 1.04 bits per heavy atom. The number of carbonyl (C=O) groups excluding carboxylic acids is 1. The number of benzene rings is 2. The van der Waals surface area contributed by atoms with Crippen molar-refractivity contribution < 1.29 is 13.6 Å². The topological polar surface area (TPSA) is 56.4 Å². The van der Waals surface area contributed by atoms with E-state index in [9.17, 15) is 13.6 Å². The van der Waals surface area contributed by atoms with E-state index in [1.54, 1.807) is 18.2 Å². The number of hydrogen-bond donors (Lipinski definition) is 3. The second-order valence-electron chi connectivity index (χ2n) is 7.06. The van der Waals surface area contributed by atoms with Gasteiger partial charge in [0, 0.05) is 32.1 Å². The van der Waals surface area contributed by atoms with Crippen LogP contribution in [-0.2, 0) is 4.79 Å². The lowest BCUT2D eigenvalue weighted by Gasteiger charge is -2.37. The SMILES string of the molecule is O=C1NCCN(CC2CNNC2c2cccc(F)c2)C1c1cccc(F)c1. The standard InChI is InChI=1S/C20H22F2N4O/c21-16-5-1-3-13(9-16)18-15(11-24-25-18)12-26-8-7-23-20(27)19(26)14-4-2-6-17(22)10-14/h1-6,9-10,15,18-19,24-25H,7-8,11-12H2,(H,23,27). The summed E-state index contributed by atoms with van der Waals surface area (Å²) in [6.07, 6.45) is 0. The Hall–Kier alpha value is -2.35. The lowest BCUT2D eigenvalue weighted by atomic mass is 9.92. The number of halogens is 2. The maximum Gasteiger partial charge on any atom is 0.242 e. The zero-order valence-electron chi connectivity index (χ0n) is 14.8. The molecule has 2 fully saturated rings. The third-order valence-electron chi connectivity index (χ3n) is 5.25. The van der Waals surface area contributed by atoms with Gasteiger partial charge in [0.1, 0.15) is 17.7 Å². The molecule has 2 aliphatic rings. The van der Waals surface area contributed by atoms with Crippen molar-refractivity contribution in [1.29, 1.82) is 0 Å². The number of nitrogens with zero attached hydrogens (tertiary/aromatic N) is 1. The summed E-state index contributed by atoms with van der Waals surface area (Å²) in [4.78, 5) is 14.6. The van der Waals surface area contributed by atoms with Gasteiger partial charge in [-0.2, -0.15) is 0 Å². The smallest absolute Gasteiger partial charge is 0.242 e. The lowest BCUT2D eigenvalue weighted by Crippen LogP contribution is -2.51. The summed E-state index contributed by atoms with van der Waals surface area (Å²) < 4.78 is 27.3. The molecule has 4 rings (SSSR count). The maximum absolute atomic E-state index is 13.7. The summed E-state index contributed by atoms with van der Waals surface area (Å²) in [5, 5.41) is 2.87. The van der Waals surface area contributed by atoms with Crippen molar-refractivity contribution in [1.82, 2.24) is 21.1 Å². The van der Waals surface area contributed by atoms with Gasteiger partial charge < -0.3 is 5.32 Å². The summed E-state index contributed by atoms with van der Waals surface area (Å²) in [5.74, 6) is -0.593. The summed E-state index contributed by atoms with van der Waals surface area (Å²) in [6.45, 7) is 2.58. The maximum atomic E-state index is 13.7. The van der Waals surface area contributed by atoms with Crippen LogP contribution in [0, 0.1) is 17.6 Å². The van der Waals surface area contributed by atoms with E-state index in [1.165, 1.54) is 24.3 Å². The molecule has 7 heteroatoms. The van der Waals surface area contributed by atoms with Crippen LogP contribution in [0.3, 0.4) is 0 Å². The van der Waals surface area contributed by atoms with Crippen LogP contribution in [0.15, 0.2) is 48.5 Å². The molecule has 2 heterocycles. The van der Waals surface area contributed by atoms with Gasteiger partial charge in [-0.05, 0) is 35.4 Å². The zero-order chi connectivity index (χ0) is 18.8. The van der Waals surface area contributed by atoms with Gasteiger partial charge in [-0.3, -0.25) is 15.1 Å². The molecule has 2 aromatic carbocycles. The monoisotopic (exact) mass is 372 g/mol. The molecule has 3 N–H and O–H groups in total. The highest BCUT2D eigenvalue weighted by atomic mass is 19.1. The van der Waals surface area contributed by atoms with Gasteiger partial charge in [0.2, 0.25) is 5.91 Å². The van der Waals surface area contributed by atoms with E-state index in [-0.39, 0.29) is 29.5 Å². The molecule has 2 saturated heterocycles. The Morgan fingerprint density at radius 3 is 2.48 bits per heavy atom. The molecule has 0 radical (unpaired) electrons. The van der Waals surface area contributed by atoms with Crippen molar-refractivity contribution in [2.24, 2.45) is 5.92 Å². The largest absolute Gasteiger partial charge is 0.353 e. The Morgan fingerprint density at radius 2 is 1.74 bits per heavy atom. The van der Waals surface area contributed by atoms with E-state index in [0.29, 0.717) is 31.7 Å². The average Bonchev–Trinajstić information content (AvgIpc) is 3.10. The minimum Gasteiger partial charge on any atom is -0.353 e. The van der Waals surface area contributed by atoms with E-state index >= 15 is 0 Å². The molecule has 0 bridgehead atoms. The number of hydrazine groups is 1. The minimum atomic E-state index is -0.525. The van der Waals surface area contributed by atoms with Crippen LogP contribution in [0.25, 0.3) is 0 Å². The Balaban J connectivity index is 1.56. The first kappa shape index (κ1) is 18.0. The Labute approximate surface area is 156 Å². The molecule has 142 valence electrons. The van der Waals surface area contributed by atoms with Crippen LogP contribution in [0.4, 0.5) is 8.78 Å². The number of rotatable bonds is 4. The molecular weight excluding hydrogens is 350 g/mol. The van der Waals surface area contributed by atoms with Crippen molar-refractivity contribution >= 4 is 5.91 Å². The number of carbonyl (C=O) groups is 1. The van der Waals surface area contributed by atoms with E-state index in [0.717, 1.165) is 5.56 Å². The molecule has 0 aliphatic carbocycles. The number of hydrogen-bond acceptors (Lipinski definition) is 4. The lowest BCUT2D eigenvalue weighted by molar-refractivity contribution is -0.129. The van der Waals surface area contributed by atoms with Crippen molar-refractivity contribution in [3.8, 4) is 0 Å².